The third-order valence-corrected chi connectivity index (χ3v) is 5.32. The van der Waals surface area contributed by atoms with Crippen molar-refractivity contribution in [2.24, 2.45) is 0 Å². The van der Waals surface area contributed by atoms with E-state index < -0.39 is 10.0 Å². The number of aromatic nitrogens is 1. The van der Waals surface area contributed by atoms with Crippen LogP contribution in [-0.4, -0.2) is 38.6 Å². The van der Waals surface area contributed by atoms with Crippen LogP contribution in [0.25, 0.3) is 0 Å². The largest absolute Gasteiger partial charge is 0.361 e. The van der Waals surface area contributed by atoms with Crippen LogP contribution in [0.2, 0.25) is 0 Å². The maximum Gasteiger partial charge on any atom is 0.251 e. The zero-order chi connectivity index (χ0) is 17.9. The summed E-state index contributed by atoms with van der Waals surface area (Å²) >= 11 is 0. The van der Waals surface area contributed by atoms with Crippen molar-refractivity contribution in [3.8, 4) is 0 Å². The number of amides is 1. The monoisotopic (exact) mass is 364 g/mol. The fourth-order valence-electron chi connectivity index (χ4n) is 2.60. The molecule has 0 bridgehead atoms. The minimum Gasteiger partial charge on any atom is -0.361 e. The van der Waals surface area contributed by atoms with Gasteiger partial charge in [0.15, 0.2) is 0 Å². The van der Waals surface area contributed by atoms with Gasteiger partial charge >= 0.3 is 0 Å². The summed E-state index contributed by atoms with van der Waals surface area (Å²) in [6.07, 6.45) is 0.863. The molecule has 25 heavy (non-hydrogen) atoms. The lowest BCUT2D eigenvalue weighted by atomic mass is 10.2. The lowest BCUT2D eigenvalue weighted by Gasteiger charge is -2.12. The molecule has 1 aromatic heterocycles. The van der Waals surface area contributed by atoms with Crippen LogP contribution in [0.1, 0.15) is 28.2 Å². The summed E-state index contributed by atoms with van der Waals surface area (Å²) in [6.45, 7) is 3.34. The first-order valence-corrected chi connectivity index (χ1v) is 9.46. The molecule has 1 atom stereocenters. The zero-order valence-electron chi connectivity index (χ0n) is 13.8. The molecule has 2 aromatic rings. The Morgan fingerprint density at radius 2 is 2.24 bits per heavy atom. The van der Waals surface area contributed by atoms with Crippen LogP contribution in [0.5, 0.6) is 0 Å². The van der Waals surface area contributed by atoms with Crippen molar-refractivity contribution < 1.29 is 17.7 Å². The average molecular weight is 364 g/mol. The number of nitrogens with zero attached hydrogens (tertiary/aromatic N) is 1. The SMILES string of the molecule is Cc1cc(CNS(=O)(=O)c2cccc(C(=O)N[C@@H]3CCNC3)c2)no1. The molecule has 0 spiro atoms. The van der Waals surface area contributed by atoms with Crippen LogP contribution in [0.3, 0.4) is 0 Å². The van der Waals surface area contributed by atoms with Gasteiger partial charge in [0.2, 0.25) is 10.0 Å². The molecule has 2 heterocycles. The molecule has 1 fully saturated rings. The molecule has 0 saturated carbocycles. The van der Waals surface area contributed by atoms with Crippen LogP contribution in [-0.2, 0) is 16.6 Å². The standard InChI is InChI=1S/C16H20N4O4S/c1-11-7-14(20-24-11)10-18-25(22,23)15-4-2-3-12(8-15)16(21)19-13-5-6-17-9-13/h2-4,7-8,13,17-18H,5-6,9-10H2,1H3,(H,19,21)/t13-/m1/s1. The lowest BCUT2D eigenvalue weighted by molar-refractivity contribution is 0.0940. The third kappa shape index (κ3) is 4.44. The second kappa shape index (κ2) is 7.34. The van der Waals surface area contributed by atoms with E-state index in [1.807, 2.05) is 0 Å². The van der Waals surface area contributed by atoms with Crippen LogP contribution in [0, 0.1) is 6.92 Å². The van der Waals surface area contributed by atoms with Gasteiger partial charge in [-0.15, -0.1) is 0 Å². The molecule has 134 valence electrons. The van der Waals surface area contributed by atoms with E-state index in [9.17, 15) is 13.2 Å². The molecule has 0 unspecified atom stereocenters. The van der Waals surface area contributed by atoms with E-state index in [0.29, 0.717) is 17.0 Å². The number of rotatable bonds is 6. The first-order valence-electron chi connectivity index (χ1n) is 7.97. The molecule has 3 N–H and O–H groups in total. The van der Waals surface area contributed by atoms with Crippen LogP contribution >= 0.6 is 0 Å². The van der Waals surface area contributed by atoms with Crippen molar-refractivity contribution in [3.63, 3.8) is 0 Å². The summed E-state index contributed by atoms with van der Waals surface area (Å²) < 4.78 is 32.2. The highest BCUT2D eigenvalue weighted by Crippen LogP contribution is 2.13. The van der Waals surface area contributed by atoms with E-state index in [-0.39, 0.29) is 23.4 Å². The lowest BCUT2D eigenvalue weighted by Crippen LogP contribution is -2.36. The Labute approximate surface area is 146 Å². The van der Waals surface area contributed by atoms with Gasteiger partial charge in [-0.1, -0.05) is 11.2 Å². The van der Waals surface area contributed by atoms with Crippen molar-refractivity contribution in [3.05, 3.63) is 47.3 Å². The molecule has 3 rings (SSSR count). The molecule has 1 aromatic carbocycles. The van der Waals surface area contributed by atoms with Crippen molar-refractivity contribution in [1.29, 1.82) is 0 Å². The predicted molar refractivity (Wildman–Crippen MR) is 90.4 cm³/mol. The predicted octanol–water partition coefficient (Wildman–Crippen LogP) is 0.553. The van der Waals surface area contributed by atoms with Gasteiger partial charge in [-0.05, 0) is 38.1 Å². The van der Waals surface area contributed by atoms with Gasteiger partial charge in [0.05, 0.1) is 17.1 Å². The summed E-state index contributed by atoms with van der Waals surface area (Å²) in [7, 11) is -3.76. The minimum atomic E-state index is -3.76. The van der Waals surface area contributed by atoms with Gasteiger partial charge in [0.25, 0.3) is 5.91 Å². The Morgan fingerprint density at radius 1 is 1.40 bits per heavy atom. The number of aryl methyl sites for hydroxylation is 1. The summed E-state index contributed by atoms with van der Waals surface area (Å²) in [5.74, 6) is 0.326. The molecular weight excluding hydrogens is 344 g/mol. The number of hydrogen-bond donors (Lipinski definition) is 3. The highest BCUT2D eigenvalue weighted by Gasteiger charge is 2.20. The van der Waals surface area contributed by atoms with E-state index in [0.717, 1.165) is 19.5 Å². The molecule has 0 radical (unpaired) electrons. The van der Waals surface area contributed by atoms with Crippen LogP contribution in [0.4, 0.5) is 0 Å². The molecule has 1 amide bonds. The number of carbonyl (C=O) groups excluding carboxylic acids is 1. The smallest absolute Gasteiger partial charge is 0.251 e. The first-order chi connectivity index (χ1) is 11.9. The topological polar surface area (TPSA) is 113 Å². The molecule has 1 aliphatic heterocycles. The van der Waals surface area contributed by atoms with Gasteiger partial charge in [-0.2, -0.15) is 0 Å². The highest BCUT2D eigenvalue weighted by molar-refractivity contribution is 7.89. The molecule has 1 saturated heterocycles. The van der Waals surface area contributed by atoms with Gasteiger partial charge < -0.3 is 15.2 Å². The summed E-state index contributed by atoms with van der Waals surface area (Å²) in [5.41, 5.74) is 0.802. The maximum absolute atomic E-state index is 12.4. The minimum absolute atomic E-state index is 0.0177. The normalized spacial score (nSPS) is 17.6. The van der Waals surface area contributed by atoms with Gasteiger partial charge in [0, 0.05) is 24.2 Å². The van der Waals surface area contributed by atoms with Gasteiger partial charge in [-0.3, -0.25) is 4.79 Å². The second-order valence-corrected chi connectivity index (χ2v) is 7.71. The fourth-order valence-corrected chi connectivity index (χ4v) is 3.65. The molecule has 9 heteroatoms. The molecule has 1 aliphatic rings. The van der Waals surface area contributed by atoms with Crippen LogP contribution < -0.4 is 15.4 Å². The Bertz CT molecular complexity index is 857. The van der Waals surface area contributed by atoms with Crippen molar-refractivity contribution in [2.45, 2.75) is 30.8 Å². The molecular formula is C16H20N4O4S. The zero-order valence-corrected chi connectivity index (χ0v) is 14.6. The average Bonchev–Trinajstić information content (AvgIpc) is 3.25. The molecule has 0 aliphatic carbocycles. The summed E-state index contributed by atoms with van der Waals surface area (Å²) in [4.78, 5) is 12.3. The van der Waals surface area contributed by atoms with E-state index in [4.69, 9.17) is 4.52 Å². The fraction of sp³-hybridized carbons (Fsp3) is 0.375. The molecule has 8 nitrogen and oxygen atoms in total. The number of carbonyl (C=O) groups is 1. The van der Waals surface area contributed by atoms with Gasteiger partial charge in [-0.25, -0.2) is 13.1 Å². The Kier molecular flexibility index (Phi) is 5.16. The highest BCUT2D eigenvalue weighted by atomic mass is 32.2. The van der Waals surface area contributed by atoms with E-state index in [2.05, 4.69) is 20.5 Å². The maximum atomic E-state index is 12.4. The number of sulfonamides is 1. The quantitative estimate of drug-likeness (QED) is 0.690. The van der Waals surface area contributed by atoms with Gasteiger partial charge in [0.1, 0.15) is 5.76 Å². The Balaban J connectivity index is 1.69. The summed E-state index contributed by atoms with van der Waals surface area (Å²) in [5, 5.41) is 9.80. The van der Waals surface area contributed by atoms with E-state index in [1.54, 1.807) is 25.1 Å². The van der Waals surface area contributed by atoms with Crippen molar-refractivity contribution in [2.75, 3.05) is 13.1 Å². The third-order valence-electron chi connectivity index (χ3n) is 3.92. The van der Waals surface area contributed by atoms with E-state index in [1.165, 1.54) is 12.1 Å². The van der Waals surface area contributed by atoms with E-state index >= 15 is 0 Å². The second-order valence-electron chi connectivity index (χ2n) is 5.94. The Morgan fingerprint density at radius 3 is 2.92 bits per heavy atom. The Hall–Kier alpha value is -2.23. The first kappa shape index (κ1) is 17.6. The number of nitrogens with one attached hydrogen (secondary N) is 3. The summed E-state index contributed by atoms with van der Waals surface area (Å²) in [6, 6.07) is 7.69. The van der Waals surface area contributed by atoms with Crippen molar-refractivity contribution in [1.82, 2.24) is 20.5 Å². The van der Waals surface area contributed by atoms with Crippen LogP contribution in [0.15, 0.2) is 39.8 Å². The van der Waals surface area contributed by atoms with Crippen molar-refractivity contribution >= 4 is 15.9 Å². The number of hydrogen-bond acceptors (Lipinski definition) is 6. The number of benzene rings is 1.